The van der Waals surface area contributed by atoms with Crippen LogP contribution in [0.4, 0.5) is 0 Å². The lowest BCUT2D eigenvalue weighted by Crippen LogP contribution is -2.49. The topological polar surface area (TPSA) is 77.2 Å². The number of morpholine rings is 2. The van der Waals surface area contributed by atoms with Gasteiger partial charge in [0.15, 0.2) is 4.20 Å². The molecule has 2 fully saturated rings. The van der Waals surface area contributed by atoms with Crippen molar-refractivity contribution < 1.29 is 22.8 Å². The number of rotatable bonds is 2. The molecule has 0 radical (unpaired) electrons. The van der Waals surface area contributed by atoms with Crippen molar-refractivity contribution in [2.45, 2.75) is 11.8 Å². The molecule has 3 rings (SSSR count). The van der Waals surface area contributed by atoms with Crippen LogP contribution in [0.2, 0.25) is 0 Å². The van der Waals surface area contributed by atoms with Gasteiger partial charge in [-0.05, 0) is 19.1 Å². The summed E-state index contributed by atoms with van der Waals surface area (Å²) in [7, 11) is -3.77. The summed E-state index contributed by atoms with van der Waals surface area (Å²) >= 11 is 6.42. The highest BCUT2D eigenvalue weighted by molar-refractivity contribution is 8.26. The highest BCUT2D eigenvalue weighted by atomic mass is 32.3. The lowest BCUT2D eigenvalue weighted by atomic mass is 10.2. The second-order valence-corrected chi connectivity index (χ2v) is 9.54. The summed E-state index contributed by atoms with van der Waals surface area (Å²) in [5.74, 6) is 0.851. The zero-order valence-electron chi connectivity index (χ0n) is 15.2. The third-order valence-electron chi connectivity index (χ3n) is 4.34. The van der Waals surface area contributed by atoms with Crippen molar-refractivity contribution >= 4 is 44.2 Å². The van der Waals surface area contributed by atoms with E-state index < -0.39 is 10.0 Å². The number of ether oxygens (including phenoxy) is 2. The molecular weight excluding hydrogens is 406 g/mol. The number of hydrogen-bond acceptors (Lipinski definition) is 7. The van der Waals surface area contributed by atoms with Crippen molar-refractivity contribution in [2.24, 2.45) is 3.77 Å². The average molecular weight is 430 g/mol. The summed E-state index contributed by atoms with van der Waals surface area (Å²) in [6.45, 7) is 7.29. The number of benzene rings is 1. The molecule has 2 heterocycles. The van der Waals surface area contributed by atoms with E-state index in [0.29, 0.717) is 30.6 Å². The van der Waals surface area contributed by atoms with Gasteiger partial charge >= 0.3 is 0 Å². The van der Waals surface area contributed by atoms with Crippen LogP contribution in [-0.2, 0) is 19.5 Å². The Hall–Kier alpha value is -1.04. The van der Waals surface area contributed by atoms with Crippen LogP contribution < -0.4 is 0 Å². The first-order valence-electron chi connectivity index (χ1n) is 8.75. The van der Waals surface area contributed by atoms with Crippen LogP contribution >= 0.6 is 24.2 Å². The van der Waals surface area contributed by atoms with Crippen molar-refractivity contribution in [1.82, 2.24) is 4.90 Å². The SMILES string of the molecule is Cc1ccc(S(=O)([O-])=NSC(=S)C(N2CCOCC2)=[N+]2CCOCC2)cc1. The molecule has 2 aliphatic rings. The fourth-order valence-corrected chi connectivity index (χ4v) is 5.25. The Morgan fingerprint density at radius 2 is 1.78 bits per heavy atom. The molecule has 0 N–H and O–H groups in total. The van der Waals surface area contributed by atoms with Crippen molar-refractivity contribution in [2.75, 3.05) is 52.6 Å². The van der Waals surface area contributed by atoms with Gasteiger partial charge in [0.2, 0.25) is 0 Å². The molecule has 0 aromatic heterocycles. The van der Waals surface area contributed by atoms with Crippen LogP contribution in [0, 0.1) is 6.92 Å². The Morgan fingerprint density at radius 3 is 2.41 bits per heavy atom. The monoisotopic (exact) mass is 429 g/mol. The second kappa shape index (κ2) is 9.44. The van der Waals surface area contributed by atoms with Crippen LogP contribution in [-0.4, -0.2) is 80.9 Å². The smallest absolute Gasteiger partial charge is 0.299 e. The van der Waals surface area contributed by atoms with E-state index in [1.807, 2.05) is 6.92 Å². The summed E-state index contributed by atoms with van der Waals surface area (Å²) in [5, 5.41) is 0. The molecule has 1 aromatic rings. The van der Waals surface area contributed by atoms with Gasteiger partial charge in [-0.2, -0.15) is 3.77 Å². The number of thiocarbonyl (C=S) groups is 1. The summed E-state index contributed by atoms with van der Waals surface area (Å²) in [5.41, 5.74) is 0.993. The average Bonchev–Trinajstić information content (AvgIpc) is 2.69. The number of amidine groups is 1. The van der Waals surface area contributed by atoms with Crippen LogP contribution in [0.3, 0.4) is 0 Å². The zero-order chi connectivity index (χ0) is 19.3. The Kier molecular flexibility index (Phi) is 7.23. The summed E-state index contributed by atoms with van der Waals surface area (Å²) in [6.07, 6.45) is 0. The maximum absolute atomic E-state index is 12.5. The summed E-state index contributed by atoms with van der Waals surface area (Å²) < 4.78 is 42.3. The third kappa shape index (κ3) is 5.49. The molecule has 1 atom stereocenters. The highest BCUT2D eigenvalue weighted by Crippen LogP contribution is 2.20. The Bertz CT molecular complexity index is 818. The van der Waals surface area contributed by atoms with E-state index in [2.05, 4.69) is 13.2 Å². The number of hydrogen-bond donors (Lipinski definition) is 0. The molecule has 1 unspecified atom stereocenters. The minimum Gasteiger partial charge on any atom is -0.760 e. The van der Waals surface area contributed by atoms with Crippen LogP contribution in [0.25, 0.3) is 0 Å². The molecule has 10 heteroatoms. The van der Waals surface area contributed by atoms with Gasteiger partial charge in [0, 0.05) is 26.9 Å². The zero-order valence-corrected chi connectivity index (χ0v) is 17.6. The first-order valence-corrected chi connectivity index (χ1v) is 11.4. The van der Waals surface area contributed by atoms with Gasteiger partial charge in [0.05, 0.1) is 26.4 Å². The van der Waals surface area contributed by atoms with Crippen molar-refractivity contribution in [1.29, 1.82) is 0 Å². The first-order chi connectivity index (χ1) is 13.0. The molecule has 7 nitrogen and oxygen atoms in total. The lowest BCUT2D eigenvalue weighted by Gasteiger charge is -2.27. The normalized spacial score (nSPS) is 20.1. The highest BCUT2D eigenvalue weighted by Gasteiger charge is 2.30. The molecule has 2 aliphatic heterocycles. The maximum atomic E-state index is 12.5. The largest absolute Gasteiger partial charge is 0.760 e. The second-order valence-electron chi connectivity index (χ2n) is 6.26. The van der Waals surface area contributed by atoms with Gasteiger partial charge in [0.25, 0.3) is 5.84 Å². The summed E-state index contributed by atoms with van der Waals surface area (Å²) in [6, 6.07) is 6.63. The molecule has 0 aliphatic carbocycles. The Morgan fingerprint density at radius 1 is 1.19 bits per heavy atom. The van der Waals surface area contributed by atoms with Gasteiger partial charge < -0.3 is 14.0 Å². The fourth-order valence-electron chi connectivity index (χ4n) is 2.89. The van der Waals surface area contributed by atoms with E-state index >= 15 is 0 Å². The molecule has 148 valence electrons. The quantitative estimate of drug-likeness (QED) is 0.306. The summed E-state index contributed by atoms with van der Waals surface area (Å²) in [4.78, 5) is 2.32. The van der Waals surface area contributed by atoms with Crippen molar-refractivity contribution in [3.05, 3.63) is 29.8 Å². The van der Waals surface area contributed by atoms with E-state index in [1.165, 1.54) is 0 Å². The molecule has 1 aromatic carbocycles. The number of nitrogens with zero attached hydrogens (tertiary/aromatic N) is 3. The van der Waals surface area contributed by atoms with Crippen LogP contribution in [0.15, 0.2) is 32.9 Å². The fraction of sp³-hybridized carbons (Fsp3) is 0.529. The molecule has 2 saturated heterocycles. The molecule has 0 bridgehead atoms. The molecular formula is C17H23N3O4S3. The van der Waals surface area contributed by atoms with Crippen LogP contribution in [0.1, 0.15) is 5.56 Å². The minimum absolute atomic E-state index is 0.169. The van der Waals surface area contributed by atoms with Gasteiger partial charge in [0.1, 0.15) is 26.2 Å². The lowest BCUT2D eigenvalue weighted by molar-refractivity contribution is -0.552. The molecule has 0 spiro atoms. The molecule has 0 saturated carbocycles. The van der Waals surface area contributed by atoms with E-state index in [9.17, 15) is 8.76 Å². The van der Waals surface area contributed by atoms with Gasteiger partial charge in [-0.3, -0.25) is 13.7 Å². The molecule has 0 amide bonds. The van der Waals surface area contributed by atoms with Crippen molar-refractivity contribution in [3.63, 3.8) is 0 Å². The standard InChI is InChI=1S/C17H23N3O4S3/c1-14-2-4-15(5-3-14)27(21,22)18-26-17(25)16(19-6-10-23-11-7-19)20-8-12-24-13-9-20/h2-5H,6-13H2,1H3. The predicted molar refractivity (Wildman–Crippen MR) is 109 cm³/mol. The van der Waals surface area contributed by atoms with E-state index in [-0.39, 0.29) is 4.90 Å². The minimum atomic E-state index is -3.77. The predicted octanol–water partition coefficient (Wildman–Crippen LogP) is 1.70. The van der Waals surface area contributed by atoms with Gasteiger partial charge in [-0.25, -0.2) is 0 Å². The maximum Gasteiger partial charge on any atom is 0.299 e. The van der Waals surface area contributed by atoms with Gasteiger partial charge in [-0.1, -0.05) is 29.9 Å². The molecule has 27 heavy (non-hydrogen) atoms. The Balaban J connectivity index is 1.83. The van der Waals surface area contributed by atoms with E-state index in [1.54, 1.807) is 24.3 Å². The van der Waals surface area contributed by atoms with E-state index in [4.69, 9.17) is 21.7 Å². The van der Waals surface area contributed by atoms with Gasteiger partial charge in [-0.15, -0.1) is 0 Å². The van der Waals surface area contributed by atoms with Crippen molar-refractivity contribution in [3.8, 4) is 0 Å². The third-order valence-corrected chi connectivity index (χ3v) is 7.05. The number of aryl methyl sites for hydroxylation is 1. The van der Waals surface area contributed by atoms with Crippen LogP contribution in [0.5, 0.6) is 0 Å². The first kappa shape index (κ1) is 20.7. The van der Waals surface area contributed by atoms with E-state index in [0.717, 1.165) is 49.5 Å². The Labute approximate surface area is 169 Å².